The van der Waals surface area contributed by atoms with Crippen molar-refractivity contribution >= 4 is 61.0 Å². The Balaban J connectivity index is 2.02. The second kappa shape index (κ2) is 6.36. The molecule has 2 heterocycles. The minimum Gasteiger partial charge on any atom is -0.358 e. The minimum atomic E-state index is -3.49. The van der Waals surface area contributed by atoms with Crippen molar-refractivity contribution in [3.05, 3.63) is 28.5 Å². The summed E-state index contributed by atoms with van der Waals surface area (Å²) in [4.78, 5) is 13.6. The van der Waals surface area contributed by atoms with Crippen LogP contribution in [0.2, 0.25) is 10.3 Å². The molecule has 128 valence electrons. The number of nitrogens with two attached hydrogens (primary N) is 1. The van der Waals surface area contributed by atoms with E-state index >= 15 is 0 Å². The molecule has 2 aromatic heterocycles. The van der Waals surface area contributed by atoms with Crippen molar-refractivity contribution in [2.45, 2.75) is 6.42 Å². The standard InChI is InChI=1S/C14H15Cl2N5O2S/c1-21(5-2-6-24(17,22)23)13-12-11(19-14(16)20-13)9-7-8(15)3-4-10(9)18-12/h3-4,7,18H,2,5-6H2,1H3,(H2,17,22,23). The number of benzene rings is 1. The van der Waals surface area contributed by atoms with Gasteiger partial charge in [0.05, 0.1) is 5.75 Å². The number of primary sulfonamides is 1. The van der Waals surface area contributed by atoms with E-state index < -0.39 is 10.0 Å². The molecule has 0 amide bonds. The lowest BCUT2D eigenvalue weighted by atomic mass is 10.2. The fourth-order valence-corrected chi connectivity index (χ4v) is 3.44. The Bertz CT molecular complexity index is 1020. The predicted molar refractivity (Wildman–Crippen MR) is 97.3 cm³/mol. The van der Waals surface area contributed by atoms with Crippen molar-refractivity contribution in [3.63, 3.8) is 0 Å². The van der Waals surface area contributed by atoms with Crippen LogP contribution in [0.1, 0.15) is 6.42 Å². The van der Waals surface area contributed by atoms with Crippen LogP contribution in [0.4, 0.5) is 5.82 Å². The molecular formula is C14H15Cl2N5O2S. The van der Waals surface area contributed by atoms with Crippen LogP contribution in [0.25, 0.3) is 21.9 Å². The van der Waals surface area contributed by atoms with Gasteiger partial charge >= 0.3 is 0 Å². The largest absolute Gasteiger partial charge is 0.358 e. The number of anilines is 1. The maximum absolute atomic E-state index is 11.1. The van der Waals surface area contributed by atoms with Gasteiger partial charge < -0.3 is 9.88 Å². The number of fused-ring (bicyclic) bond motifs is 3. The van der Waals surface area contributed by atoms with Crippen LogP contribution in [-0.2, 0) is 10.0 Å². The first-order valence-electron chi connectivity index (χ1n) is 7.11. The summed E-state index contributed by atoms with van der Waals surface area (Å²) in [6, 6.07) is 5.45. The molecule has 24 heavy (non-hydrogen) atoms. The topological polar surface area (TPSA) is 105 Å². The van der Waals surface area contributed by atoms with Crippen molar-refractivity contribution in [2.24, 2.45) is 5.14 Å². The molecule has 1 aromatic carbocycles. The van der Waals surface area contributed by atoms with E-state index in [-0.39, 0.29) is 11.0 Å². The monoisotopic (exact) mass is 387 g/mol. The quantitative estimate of drug-likeness (QED) is 0.654. The number of halogens is 2. The van der Waals surface area contributed by atoms with Gasteiger partial charge in [-0.15, -0.1) is 0 Å². The van der Waals surface area contributed by atoms with E-state index in [4.69, 9.17) is 28.3 Å². The van der Waals surface area contributed by atoms with Crippen molar-refractivity contribution in [1.82, 2.24) is 15.0 Å². The number of aromatic amines is 1. The second-order valence-corrected chi connectivity index (χ2v) is 8.01. The van der Waals surface area contributed by atoms with Crippen LogP contribution < -0.4 is 10.0 Å². The van der Waals surface area contributed by atoms with Crippen LogP contribution in [0.3, 0.4) is 0 Å². The smallest absolute Gasteiger partial charge is 0.225 e. The van der Waals surface area contributed by atoms with E-state index in [1.54, 1.807) is 13.1 Å². The number of hydrogen-bond acceptors (Lipinski definition) is 5. The van der Waals surface area contributed by atoms with E-state index in [2.05, 4.69) is 15.0 Å². The van der Waals surface area contributed by atoms with Crippen molar-refractivity contribution in [1.29, 1.82) is 0 Å². The number of nitrogens with zero attached hydrogens (tertiary/aromatic N) is 3. The van der Waals surface area contributed by atoms with Gasteiger partial charge in [0.15, 0.2) is 5.82 Å². The normalized spacial score (nSPS) is 12.2. The molecule has 0 unspecified atom stereocenters. The van der Waals surface area contributed by atoms with Gasteiger partial charge in [0.2, 0.25) is 15.3 Å². The molecule has 0 atom stereocenters. The average molecular weight is 388 g/mol. The predicted octanol–water partition coefficient (Wildman–Crippen LogP) is 2.53. The second-order valence-electron chi connectivity index (χ2n) is 5.50. The maximum Gasteiger partial charge on any atom is 0.225 e. The van der Waals surface area contributed by atoms with Crippen LogP contribution in [0.5, 0.6) is 0 Å². The van der Waals surface area contributed by atoms with E-state index in [1.807, 2.05) is 17.0 Å². The zero-order valence-corrected chi connectivity index (χ0v) is 15.1. The molecule has 3 aromatic rings. The van der Waals surface area contributed by atoms with Crippen LogP contribution in [-0.4, -0.2) is 42.7 Å². The van der Waals surface area contributed by atoms with Crippen molar-refractivity contribution in [2.75, 3.05) is 24.2 Å². The van der Waals surface area contributed by atoms with E-state index in [9.17, 15) is 8.42 Å². The third-order valence-electron chi connectivity index (χ3n) is 3.64. The SMILES string of the molecule is CN(CCCS(N)(=O)=O)c1nc(Cl)nc2c1[nH]c1ccc(Cl)cc12. The first kappa shape index (κ1) is 17.2. The third kappa shape index (κ3) is 3.56. The number of hydrogen-bond donors (Lipinski definition) is 2. The molecular weight excluding hydrogens is 373 g/mol. The molecule has 0 bridgehead atoms. The molecule has 7 nitrogen and oxygen atoms in total. The highest BCUT2D eigenvalue weighted by atomic mass is 35.5. The Morgan fingerprint density at radius 2 is 2.04 bits per heavy atom. The molecule has 0 aliphatic rings. The Labute approximate surface area is 148 Å². The number of H-pyrrole nitrogens is 1. The fourth-order valence-electron chi connectivity index (χ4n) is 2.57. The van der Waals surface area contributed by atoms with Gasteiger partial charge in [-0.05, 0) is 36.2 Å². The third-order valence-corrected chi connectivity index (χ3v) is 4.90. The first-order valence-corrected chi connectivity index (χ1v) is 9.58. The average Bonchev–Trinajstić information content (AvgIpc) is 2.83. The Morgan fingerprint density at radius 3 is 2.75 bits per heavy atom. The van der Waals surface area contributed by atoms with Gasteiger partial charge in [-0.1, -0.05) is 11.6 Å². The molecule has 0 fully saturated rings. The number of rotatable bonds is 5. The molecule has 10 heteroatoms. The summed E-state index contributed by atoms with van der Waals surface area (Å²) in [5, 5.41) is 6.58. The highest BCUT2D eigenvalue weighted by Gasteiger charge is 2.16. The van der Waals surface area contributed by atoms with E-state index in [1.165, 1.54) is 0 Å². The number of aromatic nitrogens is 3. The summed E-state index contributed by atoms with van der Waals surface area (Å²) in [5.74, 6) is 0.494. The Morgan fingerprint density at radius 1 is 1.29 bits per heavy atom. The summed E-state index contributed by atoms with van der Waals surface area (Å²) in [6.45, 7) is 0.453. The highest BCUT2D eigenvalue weighted by molar-refractivity contribution is 7.89. The lowest BCUT2D eigenvalue weighted by Crippen LogP contribution is -2.24. The molecule has 0 radical (unpaired) electrons. The Kier molecular flexibility index (Phi) is 4.56. The number of nitrogens with one attached hydrogen (secondary N) is 1. The van der Waals surface area contributed by atoms with Gasteiger partial charge in [0.25, 0.3) is 0 Å². The first-order chi connectivity index (χ1) is 11.2. The van der Waals surface area contributed by atoms with Crippen molar-refractivity contribution in [3.8, 4) is 0 Å². The molecule has 0 aliphatic carbocycles. The summed E-state index contributed by atoms with van der Waals surface area (Å²) in [6.07, 6.45) is 0.379. The van der Waals surface area contributed by atoms with E-state index in [0.717, 1.165) is 16.4 Å². The van der Waals surface area contributed by atoms with E-state index in [0.29, 0.717) is 29.3 Å². The van der Waals surface area contributed by atoms with Crippen molar-refractivity contribution < 1.29 is 8.42 Å². The molecule has 0 spiro atoms. The van der Waals surface area contributed by atoms with Gasteiger partial charge in [-0.25, -0.2) is 18.5 Å². The molecule has 0 saturated heterocycles. The van der Waals surface area contributed by atoms with Gasteiger partial charge in [0, 0.05) is 29.5 Å². The highest BCUT2D eigenvalue weighted by Crippen LogP contribution is 2.32. The fraction of sp³-hybridized carbons (Fsp3) is 0.286. The molecule has 3 rings (SSSR count). The molecule has 3 N–H and O–H groups in total. The van der Waals surface area contributed by atoms with Crippen LogP contribution in [0.15, 0.2) is 18.2 Å². The zero-order chi connectivity index (χ0) is 17.5. The van der Waals surface area contributed by atoms with Gasteiger partial charge in [0.1, 0.15) is 11.0 Å². The molecule has 0 saturated carbocycles. The summed E-state index contributed by atoms with van der Waals surface area (Å²) in [5.41, 5.74) is 2.25. The Hall–Kier alpha value is -1.61. The van der Waals surface area contributed by atoms with Gasteiger partial charge in [-0.2, -0.15) is 4.98 Å². The minimum absolute atomic E-state index is 0.0956. The summed E-state index contributed by atoms with van der Waals surface area (Å²) in [7, 11) is -1.68. The zero-order valence-electron chi connectivity index (χ0n) is 12.8. The lowest BCUT2D eigenvalue weighted by Gasteiger charge is -2.18. The maximum atomic E-state index is 11.1. The van der Waals surface area contributed by atoms with Crippen LogP contribution in [0, 0.1) is 0 Å². The van der Waals surface area contributed by atoms with Gasteiger partial charge in [-0.3, -0.25) is 0 Å². The van der Waals surface area contributed by atoms with Crippen LogP contribution >= 0.6 is 23.2 Å². The lowest BCUT2D eigenvalue weighted by molar-refractivity contribution is 0.595. The number of sulfonamides is 1. The summed E-state index contributed by atoms with van der Waals surface area (Å²) >= 11 is 12.1. The molecule has 0 aliphatic heterocycles. The summed E-state index contributed by atoms with van der Waals surface area (Å²) < 4.78 is 22.1.